The summed E-state index contributed by atoms with van der Waals surface area (Å²) >= 11 is 0. The van der Waals surface area contributed by atoms with Crippen molar-refractivity contribution in [1.29, 1.82) is 0 Å². The second-order valence-electron chi connectivity index (χ2n) is 4.00. The third kappa shape index (κ3) is 4.10. The second-order valence-corrected chi connectivity index (χ2v) is 4.00. The van der Waals surface area contributed by atoms with E-state index in [1.165, 1.54) is 6.92 Å². The van der Waals surface area contributed by atoms with Gasteiger partial charge in [-0.1, -0.05) is 0 Å². The van der Waals surface area contributed by atoms with Gasteiger partial charge in [0.05, 0.1) is 29.8 Å². The molecule has 0 aliphatic rings. The number of carbonyl (C=O) groups excluding carboxylic acids is 1. The van der Waals surface area contributed by atoms with Crippen LogP contribution in [0.15, 0.2) is 6.20 Å². The fourth-order valence-corrected chi connectivity index (χ4v) is 1.84. The number of rotatable bonds is 5. The molecule has 0 aliphatic carbocycles. The topological polar surface area (TPSA) is 65.2 Å². The Morgan fingerprint density at radius 2 is 2.05 bits per heavy atom. The quantitative estimate of drug-likeness (QED) is 0.670. The fraction of sp³-hybridized carbons (Fsp3) is 0.500. The predicted molar refractivity (Wildman–Crippen MR) is 62.4 cm³/mol. The fourth-order valence-electron chi connectivity index (χ4n) is 1.84. The molecule has 0 fully saturated rings. The monoisotopic (exact) mass is 312 g/mol. The average molecular weight is 312 g/mol. The van der Waals surface area contributed by atoms with Crippen molar-refractivity contribution in [1.82, 2.24) is 4.98 Å². The van der Waals surface area contributed by atoms with Crippen LogP contribution in [-0.2, 0) is 28.7 Å². The minimum Gasteiger partial charge on any atom is -0.466 e. The molecule has 0 aliphatic heterocycles. The number of pyridine rings is 1. The molecule has 0 aromatic carbocycles. The molecule has 0 unspecified atom stereocenters. The van der Waals surface area contributed by atoms with Crippen molar-refractivity contribution in [2.75, 3.05) is 6.61 Å². The Balaban J connectivity index is 3.44. The Labute approximate surface area is 117 Å². The van der Waals surface area contributed by atoms with Crippen LogP contribution in [0.25, 0.3) is 0 Å². The molecule has 1 aromatic heterocycles. The van der Waals surface area contributed by atoms with Crippen molar-refractivity contribution in [3.63, 3.8) is 0 Å². The van der Waals surface area contributed by atoms with Gasteiger partial charge >= 0.3 is 12.1 Å². The first-order valence-electron chi connectivity index (χ1n) is 5.94. The summed E-state index contributed by atoms with van der Waals surface area (Å²) in [4.78, 5) is 14.8. The number of esters is 1. The Hall–Kier alpha value is -1.77. The van der Waals surface area contributed by atoms with E-state index in [0.717, 1.165) is 6.20 Å². The Bertz CT molecular complexity index is 517. The molecule has 0 saturated heterocycles. The Morgan fingerprint density at radius 3 is 2.48 bits per heavy atom. The highest BCUT2D eigenvalue weighted by Crippen LogP contribution is 2.39. The molecular weight excluding hydrogens is 299 g/mol. The lowest BCUT2D eigenvalue weighted by Gasteiger charge is -2.18. The lowest BCUT2D eigenvalue weighted by atomic mass is 9.98. The zero-order chi connectivity index (χ0) is 16.2. The van der Waals surface area contributed by atoms with E-state index in [4.69, 9.17) is 5.73 Å². The zero-order valence-electron chi connectivity index (χ0n) is 11.0. The minimum absolute atomic E-state index is 0.0315. The normalized spacial score (nSPS) is 11.8. The van der Waals surface area contributed by atoms with E-state index in [2.05, 4.69) is 9.72 Å². The van der Waals surface area contributed by atoms with E-state index >= 15 is 0 Å². The van der Waals surface area contributed by atoms with Gasteiger partial charge in [-0.3, -0.25) is 9.78 Å². The van der Waals surface area contributed by atoms with E-state index in [1.54, 1.807) is 0 Å². The van der Waals surface area contributed by atoms with Gasteiger partial charge < -0.3 is 10.5 Å². The average Bonchev–Trinajstić information content (AvgIpc) is 2.36. The van der Waals surface area contributed by atoms with Crippen LogP contribution in [0.1, 0.15) is 35.7 Å². The SMILES string of the molecule is CCOC(=O)Cc1cnc(CN)c(C(F)F)c1C(F)(F)F. The molecule has 4 nitrogen and oxygen atoms in total. The number of ether oxygens (including phenoxy) is 1. The van der Waals surface area contributed by atoms with Crippen molar-refractivity contribution in [2.45, 2.75) is 32.5 Å². The van der Waals surface area contributed by atoms with Crippen molar-refractivity contribution >= 4 is 5.97 Å². The third-order valence-corrected chi connectivity index (χ3v) is 2.61. The summed E-state index contributed by atoms with van der Waals surface area (Å²) in [5.74, 6) is -0.953. The smallest absolute Gasteiger partial charge is 0.417 e. The highest BCUT2D eigenvalue weighted by molar-refractivity contribution is 5.73. The minimum atomic E-state index is -5.06. The summed E-state index contributed by atoms with van der Waals surface area (Å²) in [5, 5.41) is 0. The largest absolute Gasteiger partial charge is 0.466 e. The van der Waals surface area contributed by atoms with Crippen molar-refractivity contribution < 1.29 is 31.5 Å². The number of aromatic nitrogens is 1. The molecule has 0 atom stereocenters. The first kappa shape index (κ1) is 17.3. The third-order valence-electron chi connectivity index (χ3n) is 2.61. The molecule has 0 spiro atoms. The van der Waals surface area contributed by atoms with Crippen LogP contribution >= 0.6 is 0 Å². The first-order valence-corrected chi connectivity index (χ1v) is 5.94. The number of alkyl halides is 5. The number of halogens is 5. The molecule has 9 heteroatoms. The van der Waals surface area contributed by atoms with Gasteiger partial charge in [-0.05, 0) is 12.5 Å². The van der Waals surface area contributed by atoms with Crippen LogP contribution in [0, 0.1) is 0 Å². The molecule has 2 N–H and O–H groups in total. The van der Waals surface area contributed by atoms with Gasteiger partial charge in [0.1, 0.15) is 0 Å². The van der Waals surface area contributed by atoms with Crippen LogP contribution in [-0.4, -0.2) is 17.6 Å². The van der Waals surface area contributed by atoms with E-state index in [-0.39, 0.29) is 6.61 Å². The lowest BCUT2D eigenvalue weighted by Crippen LogP contribution is -2.20. The zero-order valence-corrected chi connectivity index (χ0v) is 11.0. The molecule has 1 rings (SSSR count). The van der Waals surface area contributed by atoms with E-state index in [1.807, 2.05) is 0 Å². The van der Waals surface area contributed by atoms with Gasteiger partial charge in [-0.25, -0.2) is 8.78 Å². The second kappa shape index (κ2) is 6.79. The molecule has 118 valence electrons. The van der Waals surface area contributed by atoms with Crippen molar-refractivity contribution in [3.8, 4) is 0 Å². The molecular formula is C12H13F5N2O2. The number of hydrogen-bond acceptors (Lipinski definition) is 4. The molecule has 0 amide bonds. The summed E-state index contributed by atoms with van der Waals surface area (Å²) in [6.07, 6.45) is -8.52. The highest BCUT2D eigenvalue weighted by Gasteiger charge is 2.40. The number of nitrogens with zero attached hydrogens (tertiary/aromatic N) is 1. The first-order chi connectivity index (χ1) is 9.72. The van der Waals surface area contributed by atoms with Crippen LogP contribution in [0.5, 0.6) is 0 Å². The predicted octanol–water partition coefficient (Wildman–Crippen LogP) is 2.60. The Kier molecular flexibility index (Phi) is 5.59. The van der Waals surface area contributed by atoms with Crippen molar-refractivity contribution in [3.05, 3.63) is 28.6 Å². The molecule has 0 saturated carbocycles. The number of nitrogens with two attached hydrogens (primary N) is 1. The van der Waals surface area contributed by atoms with Gasteiger partial charge in [0.15, 0.2) is 0 Å². The Morgan fingerprint density at radius 1 is 1.43 bits per heavy atom. The maximum atomic E-state index is 13.1. The van der Waals surface area contributed by atoms with Gasteiger partial charge in [0.25, 0.3) is 6.43 Å². The van der Waals surface area contributed by atoms with Gasteiger partial charge in [-0.2, -0.15) is 13.2 Å². The molecule has 0 bridgehead atoms. The number of hydrogen-bond donors (Lipinski definition) is 1. The van der Waals surface area contributed by atoms with Gasteiger partial charge in [0.2, 0.25) is 0 Å². The summed E-state index contributed by atoms with van der Waals surface area (Å²) in [6.45, 7) is 0.877. The van der Waals surface area contributed by atoms with Crippen molar-refractivity contribution in [2.24, 2.45) is 5.73 Å². The molecule has 1 aromatic rings. The maximum absolute atomic E-state index is 13.1. The lowest BCUT2D eigenvalue weighted by molar-refractivity contribution is -0.144. The standard InChI is InChI=1S/C12H13F5N2O2/c1-2-21-8(20)3-6-5-19-7(4-18)9(11(13)14)10(6)12(15,16)17/h5,11H,2-4,18H2,1H3. The summed E-state index contributed by atoms with van der Waals surface area (Å²) < 4.78 is 69.6. The van der Waals surface area contributed by atoms with E-state index < -0.39 is 53.9 Å². The van der Waals surface area contributed by atoms with Gasteiger partial charge in [-0.15, -0.1) is 0 Å². The molecule has 0 radical (unpaired) electrons. The van der Waals surface area contributed by atoms with Crippen LogP contribution < -0.4 is 5.73 Å². The van der Waals surface area contributed by atoms with Gasteiger partial charge in [0, 0.05) is 12.7 Å². The van der Waals surface area contributed by atoms with Crippen LogP contribution in [0.4, 0.5) is 22.0 Å². The number of carbonyl (C=O) groups is 1. The summed E-state index contributed by atoms with van der Waals surface area (Å²) in [7, 11) is 0. The summed E-state index contributed by atoms with van der Waals surface area (Å²) in [6, 6.07) is 0. The highest BCUT2D eigenvalue weighted by atomic mass is 19.4. The van der Waals surface area contributed by atoms with E-state index in [0.29, 0.717) is 0 Å². The summed E-state index contributed by atoms with van der Waals surface area (Å²) in [5.41, 5.74) is 1.08. The molecule has 1 heterocycles. The van der Waals surface area contributed by atoms with Crippen LogP contribution in [0.2, 0.25) is 0 Å². The molecule has 21 heavy (non-hydrogen) atoms. The van der Waals surface area contributed by atoms with E-state index in [9.17, 15) is 26.7 Å². The van der Waals surface area contributed by atoms with Crippen LogP contribution in [0.3, 0.4) is 0 Å². The maximum Gasteiger partial charge on any atom is 0.417 e.